The zero-order valence-corrected chi connectivity index (χ0v) is 7.51. The van der Waals surface area contributed by atoms with Crippen molar-refractivity contribution in [3.05, 3.63) is 11.9 Å². The Morgan fingerprint density at radius 1 is 1.50 bits per heavy atom. The van der Waals surface area contributed by atoms with Crippen LogP contribution in [0.3, 0.4) is 0 Å². The molecule has 4 nitrogen and oxygen atoms in total. The van der Waals surface area contributed by atoms with E-state index in [9.17, 15) is 0 Å². The standard InChI is InChI=1S/C8H16N4/c1-2-3-4-5-9-6-8-7-10-12-11-8/h7,9H,2-6H2,1H3,(H,10,11,12). The van der Waals surface area contributed by atoms with Crippen LogP contribution in [-0.4, -0.2) is 22.0 Å². The molecule has 0 bridgehead atoms. The molecule has 0 spiro atoms. The smallest absolute Gasteiger partial charge is 0.0962 e. The lowest BCUT2D eigenvalue weighted by Gasteiger charge is -1.99. The SMILES string of the molecule is CCCCCNCc1cn[nH]n1. The van der Waals surface area contributed by atoms with E-state index in [1.165, 1.54) is 19.3 Å². The maximum atomic E-state index is 3.94. The fourth-order valence-corrected chi connectivity index (χ4v) is 1.03. The van der Waals surface area contributed by atoms with Gasteiger partial charge in [-0.3, -0.25) is 0 Å². The number of rotatable bonds is 6. The van der Waals surface area contributed by atoms with Crippen molar-refractivity contribution in [3.8, 4) is 0 Å². The van der Waals surface area contributed by atoms with Gasteiger partial charge in [0.05, 0.1) is 11.9 Å². The van der Waals surface area contributed by atoms with Gasteiger partial charge in [0.25, 0.3) is 0 Å². The van der Waals surface area contributed by atoms with E-state index in [0.29, 0.717) is 0 Å². The van der Waals surface area contributed by atoms with E-state index >= 15 is 0 Å². The van der Waals surface area contributed by atoms with Crippen LogP contribution in [0.1, 0.15) is 31.9 Å². The minimum absolute atomic E-state index is 0.820. The predicted molar refractivity (Wildman–Crippen MR) is 47.6 cm³/mol. The Kier molecular flexibility index (Phi) is 4.37. The van der Waals surface area contributed by atoms with Gasteiger partial charge in [-0.2, -0.15) is 15.4 Å². The van der Waals surface area contributed by atoms with E-state index in [0.717, 1.165) is 18.8 Å². The normalized spacial score (nSPS) is 10.4. The van der Waals surface area contributed by atoms with Gasteiger partial charge in [0, 0.05) is 6.54 Å². The maximum Gasteiger partial charge on any atom is 0.0962 e. The summed E-state index contributed by atoms with van der Waals surface area (Å²) in [5.41, 5.74) is 0.978. The molecule has 0 aliphatic rings. The molecule has 0 saturated heterocycles. The van der Waals surface area contributed by atoms with E-state index < -0.39 is 0 Å². The van der Waals surface area contributed by atoms with Crippen LogP contribution >= 0.6 is 0 Å². The summed E-state index contributed by atoms with van der Waals surface area (Å²) in [4.78, 5) is 0. The highest BCUT2D eigenvalue weighted by atomic mass is 15.3. The van der Waals surface area contributed by atoms with E-state index in [-0.39, 0.29) is 0 Å². The van der Waals surface area contributed by atoms with Gasteiger partial charge >= 0.3 is 0 Å². The first kappa shape index (κ1) is 9.19. The molecule has 0 aliphatic carbocycles. The summed E-state index contributed by atoms with van der Waals surface area (Å²) in [6, 6.07) is 0. The second-order valence-corrected chi connectivity index (χ2v) is 2.85. The summed E-state index contributed by atoms with van der Waals surface area (Å²) < 4.78 is 0. The van der Waals surface area contributed by atoms with Gasteiger partial charge in [-0.1, -0.05) is 19.8 Å². The third-order valence-corrected chi connectivity index (χ3v) is 1.73. The predicted octanol–water partition coefficient (Wildman–Crippen LogP) is 1.08. The minimum atomic E-state index is 0.820. The second kappa shape index (κ2) is 5.71. The monoisotopic (exact) mass is 168 g/mol. The van der Waals surface area contributed by atoms with Gasteiger partial charge in [0.15, 0.2) is 0 Å². The van der Waals surface area contributed by atoms with Crippen LogP contribution in [0.15, 0.2) is 6.20 Å². The molecule has 1 aromatic rings. The molecular weight excluding hydrogens is 152 g/mol. The molecule has 4 heteroatoms. The summed E-state index contributed by atoms with van der Waals surface area (Å²) in [7, 11) is 0. The van der Waals surface area contributed by atoms with Gasteiger partial charge < -0.3 is 5.32 Å². The number of nitrogens with zero attached hydrogens (tertiary/aromatic N) is 2. The third-order valence-electron chi connectivity index (χ3n) is 1.73. The lowest BCUT2D eigenvalue weighted by atomic mass is 10.2. The largest absolute Gasteiger partial charge is 0.311 e. The topological polar surface area (TPSA) is 53.6 Å². The van der Waals surface area contributed by atoms with Crippen molar-refractivity contribution in [1.82, 2.24) is 20.7 Å². The van der Waals surface area contributed by atoms with Gasteiger partial charge in [-0.25, -0.2) is 0 Å². The lowest BCUT2D eigenvalue weighted by molar-refractivity contribution is 0.610. The van der Waals surface area contributed by atoms with Crippen LogP contribution in [0, 0.1) is 0 Å². The Morgan fingerprint density at radius 2 is 2.42 bits per heavy atom. The number of nitrogens with one attached hydrogen (secondary N) is 2. The van der Waals surface area contributed by atoms with Crippen molar-refractivity contribution in [3.63, 3.8) is 0 Å². The van der Waals surface area contributed by atoms with Crippen molar-refractivity contribution >= 4 is 0 Å². The Labute approximate surface area is 72.8 Å². The van der Waals surface area contributed by atoms with Gasteiger partial charge in [0.1, 0.15) is 0 Å². The number of hydrogen-bond donors (Lipinski definition) is 2. The molecule has 0 fully saturated rings. The fourth-order valence-electron chi connectivity index (χ4n) is 1.03. The van der Waals surface area contributed by atoms with Crippen LogP contribution < -0.4 is 5.32 Å². The van der Waals surface area contributed by atoms with Crippen molar-refractivity contribution < 1.29 is 0 Å². The molecule has 68 valence electrons. The third kappa shape index (κ3) is 3.48. The number of aromatic amines is 1. The number of unbranched alkanes of at least 4 members (excludes halogenated alkanes) is 2. The van der Waals surface area contributed by atoms with E-state index in [1.807, 2.05) is 0 Å². The van der Waals surface area contributed by atoms with Crippen molar-refractivity contribution in [2.75, 3.05) is 6.54 Å². The molecule has 0 atom stereocenters. The number of aromatic nitrogens is 3. The quantitative estimate of drug-likeness (QED) is 0.625. The molecule has 0 saturated carbocycles. The number of H-pyrrole nitrogens is 1. The molecule has 0 aromatic carbocycles. The van der Waals surface area contributed by atoms with Crippen molar-refractivity contribution in [2.24, 2.45) is 0 Å². The Hall–Kier alpha value is -0.900. The maximum absolute atomic E-state index is 3.94. The first-order valence-corrected chi connectivity index (χ1v) is 4.49. The molecule has 12 heavy (non-hydrogen) atoms. The molecule has 0 unspecified atom stereocenters. The van der Waals surface area contributed by atoms with E-state index in [2.05, 4.69) is 27.7 Å². The molecule has 1 rings (SSSR count). The Balaban J connectivity index is 1.96. The highest BCUT2D eigenvalue weighted by Gasteiger charge is 1.93. The van der Waals surface area contributed by atoms with Crippen molar-refractivity contribution in [2.45, 2.75) is 32.7 Å². The molecule has 1 heterocycles. The lowest BCUT2D eigenvalue weighted by Crippen LogP contribution is -2.14. The summed E-state index contributed by atoms with van der Waals surface area (Å²) in [6.07, 6.45) is 5.55. The summed E-state index contributed by atoms with van der Waals surface area (Å²) >= 11 is 0. The summed E-state index contributed by atoms with van der Waals surface area (Å²) in [5.74, 6) is 0. The first-order chi connectivity index (χ1) is 5.93. The zero-order chi connectivity index (χ0) is 8.65. The first-order valence-electron chi connectivity index (χ1n) is 4.49. The van der Waals surface area contributed by atoms with E-state index in [1.54, 1.807) is 6.20 Å². The molecule has 0 radical (unpaired) electrons. The number of hydrogen-bond acceptors (Lipinski definition) is 3. The average molecular weight is 168 g/mol. The highest BCUT2D eigenvalue weighted by molar-refractivity contribution is 4.88. The van der Waals surface area contributed by atoms with Crippen LogP contribution in [0.25, 0.3) is 0 Å². The molecular formula is C8H16N4. The van der Waals surface area contributed by atoms with Gasteiger partial charge in [-0.15, -0.1) is 0 Å². The van der Waals surface area contributed by atoms with Gasteiger partial charge in [-0.05, 0) is 13.0 Å². The Bertz CT molecular complexity index is 183. The molecule has 1 aromatic heterocycles. The Morgan fingerprint density at radius 3 is 3.08 bits per heavy atom. The summed E-state index contributed by atoms with van der Waals surface area (Å²) in [5, 5.41) is 13.5. The summed E-state index contributed by atoms with van der Waals surface area (Å²) in [6.45, 7) is 4.10. The molecule has 2 N–H and O–H groups in total. The molecule has 0 amide bonds. The minimum Gasteiger partial charge on any atom is -0.311 e. The second-order valence-electron chi connectivity index (χ2n) is 2.85. The zero-order valence-electron chi connectivity index (χ0n) is 7.51. The van der Waals surface area contributed by atoms with Crippen LogP contribution in [0.4, 0.5) is 0 Å². The van der Waals surface area contributed by atoms with Crippen LogP contribution in [0.5, 0.6) is 0 Å². The average Bonchev–Trinajstić information content (AvgIpc) is 2.57. The van der Waals surface area contributed by atoms with Crippen molar-refractivity contribution in [1.29, 1.82) is 0 Å². The highest BCUT2D eigenvalue weighted by Crippen LogP contribution is 1.92. The van der Waals surface area contributed by atoms with Crippen LogP contribution in [-0.2, 0) is 6.54 Å². The fraction of sp³-hybridized carbons (Fsp3) is 0.750. The molecule has 0 aliphatic heterocycles. The van der Waals surface area contributed by atoms with Crippen LogP contribution in [0.2, 0.25) is 0 Å². The van der Waals surface area contributed by atoms with Gasteiger partial charge in [0.2, 0.25) is 0 Å². The van der Waals surface area contributed by atoms with E-state index in [4.69, 9.17) is 0 Å².